The van der Waals surface area contributed by atoms with Gasteiger partial charge in [0.25, 0.3) is 0 Å². The van der Waals surface area contributed by atoms with Crippen LogP contribution in [0.4, 0.5) is 11.4 Å². The van der Waals surface area contributed by atoms with Gasteiger partial charge in [-0.25, -0.2) is 0 Å². The lowest BCUT2D eigenvalue weighted by atomic mass is 10.1. The molecular weight excluding hydrogens is 402 g/mol. The Hall–Kier alpha value is -3.71. The molecule has 0 spiro atoms. The first-order valence-corrected chi connectivity index (χ1v) is 10.8. The molecule has 32 heavy (non-hydrogen) atoms. The van der Waals surface area contributed by atoms with Crippen LogP contribution in [0.5, 0.6) is 0 Å². The van der Waals surface area contributed by atoms with E-state index in [0.29, 0.717) is 12.2 Å². The van der Waals surface area contributed by atoms with E-state index in [-0.39, 0.29) is 6.04 Å². The maximum Gasteiger partial charge on any atom is 0.313 e. The fourth-order valence-corrected chi connectivity index (χ4v) is 3.94. The van der Waals surface area contributed by atoms with Gasteiger partial charge in [-0.05, 0) is 35.9 Å². The number of anilines is 2. The standard InChI is InChI=1S/C25H27N5O2/c31-24(25(32)28-21-9-3-1-4-10-21)27-19-23(20-8-7-13-26-18-20)30-16-14-29(15-17-30)22-11-5-2-6-12-22/h1-13,18,23H,14-17,19H2,(H,27,31)(H,28,32)/t23-/m0/s1. The number of carbonyl (C=O) groups is 2. The average molecular weight is 430 g/mol. The molecule has 1 aromatic heterocycles. The molecule has 1 fully saturated rings. The van der Waals surface area contributed by atoms with Crippen molar-refractivity contribution in [3.05, 3.63) is 90.8 Å². The first-order chi connectivity index (χ1) is 15.7. The highest BCUT2D eigenvalue weighted by molar-refractivity contribution is 6.39. The molecule has 2 heterocycles. The molecule has 0 unspecified atom stereocenters. The molecule has 1 aliphatic rings. The fraction of sp³-hybridized carbons (Fsp3) is 0.240. The Kier molecular flexibility index (Phi) is 7.09. The monoisotopic (exact) mass is 429 g/mol. The summed E-state index contributed by atoms with van der Waals surface area (Å²) in [6.45, 7) is 3.81. The van der Waals surface area contributed by atoms with E-state index in [0.717, 1.165) is 31.7 Å². The molecule has 4 rings (SSSR count). The second-order valence-electron chi connectivity index (χ2n) is 7.69. The Bertz CT molecular complexity index is 1010. The summed E-state index contributed by atoms with van der Waals surface area (Å²) >= 11 is 0. The Balaban J connectivity index is 1.38. The highest BCUT2D eigenvalue weighted by atomic mass is 16.2. The Labute approximate surface area is 188 Å². The third-order valence-electron chi connectivity index (χ3n) is 5.64. The third-order valence-corrected chi connectivity index (χ3v) is 5.64. The smallest absolute Gasteiger partial charge is 0.313 e. The fourth-order valence-electron chi connectivity index (χ4n) is 3.94. The van der Waals surface area contributed by atoms with Gasteiger partial charge in [0.1, 0.15) is 0 Å². The van der Waals surface area contributed by atoms with E-state index in [4.69, 9.17) is 0 Å². The minimum absolute atomic E-state index is 0.0601. The molecule has 2 aromatic carbocycles. The van der Waals surface area contributed by atoms with Crippen LogP contribution in [-0.2, 0) is 9.59 Å². The third kappa shape index (κ3) is 5.50. The minimum atomic E-state index is -0.671. The number of rotatable bonds is 6. The summed E-state index contributed by atoms with van der Waals surface area (Å²) in [7, 11) is 0. The average Bonchev–Trinajstić information content (AvgIpc) is 2.86. The van der Waals surface area contributed by atoms with Crippen LogP contribution in [0.3, 0.4) is 0 Å². The predicted molar refractivity (Wildman–Crippen MR) is 125 cm³/mol. The van der Waals surface area contributed by atoms with Crippen molar-refractivity contribution in [1.29, 1.82) is 0 Å². The first kappa shape index (κ1) is 21.5. The lowest BCUT2D eigenvalue weighted by Crippen LogP contribution is -2.50. The number of piperazine rings is 1. The van der Waals surface area contributed by atoms with Gasteiger partial charge in [-0.3, -0.25) is 19.5 Å². The molecule has 0 radical (unpaired) electrons. The van der Waals surface area contributed by atoms with E-state index in [1.165, 1.54) is 5.69 Å². The van der Waals surface area contributed by atoms with Crippen LogP contribution in [0.15, 0.2) is 85.2 Å². The number of nitrogens with one attached hydrogen (secondary N) is 2. The van der Waals surface area contributed by atoms with Crippen molar-refractivity contribution in [2.75, 3.05) is 42.9 Å². The van der Waals surface area contributed by atoms with Crippen molar-refractivity contribution in [2.45, 2.75) is 6.04 Å². The topological polar surface area (TPSA) is 77.6 Å². The highest BCUT2D eigenvalue weighted by Gasteiger charge is 2.26. The molecule has 0 bridgehead atoms. The molecule has 2 amide bonds. The number of hydrogen-bond donors (Lipinski definition) is 2. The number of aromatic nitrogens is 1. The SMILES string of the molecule is O=C(NC[C@@H](c1cccnc1)N1CCN(c2ccccc2)CC1)C(=O)Nc1ccccc1. The number of amides is 2. The van der Waals surface area contributed by atoms with Crippen molar-refractivity contribution in [1.82, 2.24) is 15.2 Å². The second-order valence-corrected chi connectivity index (χ2v) is 7.69. The highest BCUT2D eigenvalue weighted by Crippen LogP contribution is 2.23. The summed E-state index contributed by atoms with van der Waals surface area (Å²) in [5.41, 5.74) is 2.83. The maximum atomic E-state index is 12.4. The van der Waals surface area contributed by atoms with Crippen LogP contribution in [0.1, 0.15) is 11.6 Å². The molecule has 3 aromatic rings. The van der Waals surface area contributed by atoms with E-state index in [1.54, 1.807) is 30.5 Å². The van der Waals surface area contributed by atoms with Gasteiger partial charge in [0.2, 0.25) is 0 Å². The Morgan fingerprint density at radius 2 is 1.53 bits per heavy atom. The molecule has 7 heteroatoms. The maximum absolute atomic E-state index is 12.4. The summed E-state index contributed by atoms with van der Waals surface area (Å²) in [6.07, 6.45) is 3.56. The molecular formula is C25H27N5O2. The quantitative estimate of drug-likeness (QED) is 0.589. The Morgan fingerprint density at radius 1 is 0.844 bits per heavy atom. The summed E-state index contributed by atoms with van der Waals surface area (Å²) in [5.74, 6) is -1.32. The Morgan fingerprint density at radius 3 is 2.19 bits per heavy atom. The van der Waals surface area contributed by atoms with Gasteiger partial charge >= 0.3 is 11.8 Å². The summed E-state index contributed by atoms with van der Waals surface area (Å²) in [5, 5.41) is 5.43. The van der Waals surface area contributed by atoms with Crippen LogP contribution >= 0.6 is 0 Å². The van der Waals surface area contributed by atoms with Crippen molar-refractivity contribution in [3.8, 4) is 0 Å². The van der Waals surface area contributed by atoms with Crippen LogP contribution in [0, 0.1) is 0 Å². The van der Waals surface area contributed by atoms with Gasteiger partial charge in [0.05, 0.1) is 6.04 Å². The van der Waals surface area contributed by atoms with Crippen molar-refractivity contribution in [2.24, 2.45) is 0 Å². The largest absolute Gasteiger partial charge is 0.369 e. The lowest BCUT2D eigenvalue weighted by molar-refractivity contribution is -0.136. The zero-order chi connectivity index (χ0) is 22.2. The molecule has 1 atom stereocenters. The van der Waals surface area contributed by atoms with Crippen molar-refractivity contribution < 1.29 is 9.59 Å². The number of carbonyl (C=O) groups excluding carboxylic acids is 2. The van der Waals surface area contributed by atoms with E-state index >= 15 is 0 Å². The normalized spacial score (nSPS) is 15.1. The molecule has 2 N–H and O–H groups in total. The van der Waals surface area contributed by atoms with Crippen LogP contribution in [-0.4, -0.2) is 54.4 Å². The zero-order valence-electron chi connectivity index (χ0n) is 17.9. The zero-order valence-corrected chi connectivity index (χ0v) is 17.9. The number of pyridine rings is 1. The van der Waals surface area contributed by atoms with Crippen molar-refractivity contribution >= 4 is 23.2 Å². The van der Waals surface area contributed by atoms with Gasteiger partial charge in [-0.1, -0.05) is 42.5 Å². The van der Waals surface area contributed by atoms with Crippen molar-refractivity contribution in [3.63, 3.8) is 0 Å². The number of nitrogens with zero attached hydrogens (tertiary/aromatic N) is 3. The minimum Gasteiger partial charge on any atom is -0.369 e. The van der Waals surface area contributed by atoms with E-state index < -0.39 is 11.8 Å². The van der Waals surface area contributed by atoms with Gasteiger partial charge in [0.15, 0.2) is 0 Å². The molecule has 1 saturated heterocycles. The number of para-hydroxylation sites is 2. The van der Waals surface area contributed by atoms with Gasteiger partial charge in [0, 0.05) is 56.5 Å². The molecule has 1 aliphatic heterocycles. The van der Waals surface area contributed by atoms with Gasteiger partial charge in [-0.15, -0.1) is 0 Å². The molecule has 164 valence electrons. The van der Waals surface area contributed by atoms with E-state index in [2.05, 4.69) is 49.7 Å². The summed E-state index contributed by atoms with van der Waals surface area (Å²) in [6, 6.07) is 23.2. The lowest BCUT2D eigenvalue weighted by Gasteiger charge is -2.40. The summed E-state index contributed by atoms with van der Waals surface area (Å²) in [4.78, 5) is 33.7. The predicted octanol–water partition coefficient (Wildman–Crippen LogP) is 2.70. The molecule has 7 nitrogen and oxygen atoms in total. The van der Waals surface area contributed by atoms with Gasteiger partial charge in [-0.2, -0.15) is 0 Å². The molecule has 0 saturated carbocycles. The van der Waals surface area contributed by atoms with Crippen LogP contribution in [0.25, 0.3) is 0 Å². The summed E-state index contributed by atoms with van der Waals surface area (Å²) < 4.78 is 0. The van der Waals surface area contributed by atoms with Crippen LogP contribution < -0.4 is 15.5 Å². The van der Waals surface area contributed by atoms with Crippen LogP contribution in [0.2, 0.25) is 0 Å². The first-order valence-electron chi connectivity index (χ1n) is 10.8. The molecule has 0 aliphatic carbocycles. The van der Waals surface area contributed by atoms with Gasteiger partial charge < -0.3 is 15.5 Å². The number of hydrogen-bond acceptors (Lipinski definition) is 5. The number of benzene rings is 2. The van der Waals surface area contributed by atoms with E-state index in [1.807, 2.05) is 30.5 Å². The second kappa shape index (κ2) is 10.5. The van der Waals surface area contributed by atoms with E-state index in [9.17, 15) is 9.59 Å².